The van der Waals surface area contributed by atoms with Crippen molar-refractivity contribution < 1.29 is 9.90 Å². The van der Waals surface area contributed by atoms with E-state index in [0.29, 0.717) is 13.1 Å². The Hall–Kier alpha value is -1.84. The van der Waals surface area contributed by atoms with Gasteiger partial charge >= 0.3 is 5.97 Å². The van der Waals surface area contributed by atoms with E-state index in [9.17, 15) is 4.79 Å². The maximum absolute atomic E-state index is 10.9. The summed E-state index contributed by atoms with van der Waals surface area (Å²) >= 11 is 0. The summed E-state index contributed by atoms with van der Waals surface area (Å²) < 4.78 is 0. The van der Waals surface area contributed by atoms with E-state index < -0.39 is 11.9 Å². The van der Waals surface area contributed by atoms with Crippen molar-refractivity contribution in [3.8, 4) is 0 Å². The summed E-state index contributed by atoms with van der Waals surface area (Å²) in [5, 5.41) is 8.93. The van der Waals surface area contributed by atoms with Crippen molar-refractivity contribution in [1.82, 2.24) is 4.98 Å². The van der Waals surface area contributed by atoms with E-state index in [2.05, 4.69) is 11.6 Å². The maximum Gasteiger partial charge on any atom is 0.308 e. The number of anilines is 1. The standard InChI is InChI=1S/C13H18N2O2/c1-4-7-15(9-11(3)13(16)17)12-8-10(2)5-6-14-12/h4-6,8,11H,1,7,9H2,2-3H3,(H,16,17). The Morgan fingerprint density at radius 2 is 2.41 bits per heavy atom. The summed E-state index contributed by atoms with van der Waals surface area (Å²) in [6.07, 6.45) is 3.48. The van der Waals surface area contributed by atoms with E-state index in [1.165, 1.54) is 0 Å². The number of aliphatic carboxylic acids is 1. The summed E-state index contributed by atoms with van der Waals surface area (Å²) in [6, 6.07) is 3.86. The summed E-state index contributed by atoms with van der Waals surface area (Å²) in [5.41, 5.74) is 1.10. The third kappa shape index (κ3) is 3.90. The molecule has 0 amide bonds. The highest BCUT2D eigenvalue weighted by molar-refractivity contribution is 5.70. The van der Waals surface area contributed by atoms with Crippen LogP contribution in [-0.2, 0) is 4.79 Å². The minimum absolute atomic E-state index is 0.428. The first kappa shape index (κ1) is 13.2. The predicted octanol–water partition coefficient (Wildman–Crippen LogP) is 2.10. The molecule has 92 valence electrons. The molecule has 1 unspecified atom stereocenters. The molecule has 1 heterocycles. The van der Waals surface area contributed by atoms with Crippen LogP contribution in [-0.4, -0.2) is 29.1 Å². The highest BCUT2D eigenvalue weighted by atomic mass is 16.4. The molecule has 4 heteroatoms. The molecule has 0 bridgehead atoms. The number of aromatic nitrogens is 1. The summed E-state index contributed by atoms with van der Waals surface area (Å²) in [7, 11) is 0. The van der Waals surface area contributed by atoms with Crippen molar-refractivity contribution in [3.05, 3.63) is 36.5 Å². The van der Waals surface area contributed by atoms with E-state index in [1.807, 2.05) is 24.0 Å². The molecule has 1 aromatic heterocycles. The van der Waals surface area contributed by atoms with Gasteiger partial charge in [-0.3, -0.25) is 4.79 Å². The molecule has 0 spiro atoms. The van der Waals surface area contributed by atoms with Gasteiger partial charge in [0.05, 0.1) is 5.92 Å². The summed E-state index contributed by atoms with van der Waals surface area (Å²) in [4.78, 5) is 17.0. The van der Waals surface area contributed by atoms with Crippen molar-refractivity contribution >= 4 is 11.8 Å². The quantitative estimate of drug-likeness (QED) is 0.766. The molecule has 0 aliphatic rings. The fourth-order valence-corrected chi connectivity index (χ4v) is 1.52. The van der Waals surface area contributed by atoms with Crippen LogP contribution in [0.3, 0.4) is 0 Å². The van der Waals surface area contributed by atoms with Crippen molar-refractivity contribution in [2.45, 2.75) is 13.8 Å². The van der Waals surface area contributed by atoms with Gasteiger partial charge in [-0.05, 0) is 24.6 Å². The molecular weight excluding hydrogens is 216 g/mol. The molecule has 0 aliphatic carbocycles. The lowest BCUT2D eigenvalue weighted by atomic mass is 10.1. The van der Waals surface area contributed by atoms with Crippen molar-refractivity contribution in [2.24, 2.45) is 5.92 Å². The highest BCUT2D eigenvalue weighted by Crippen LogP contribution is 2.14. The smallest absolute Gasteiger partial charge is 0.308 e. The Labute approximate surface area is 102 Å². The third-order valence-electron chi connectivity index (χ3n) is 2.49. The van der Waals surface area contributed by atoms with Gasteiger partial charge < -0.3 is 10.0 Å². The number of aryl methyl sites for hydroxylation is 1. The van der Waals surface area contributed by atoms with Gasteiger partial charge in [0, 0.05) is 19.3 Å². The first-order valence-corrected chi connectivity index (χ1v) is 5.56. The molecule has 0 radical (unpaired) electrons. The van der Waals surface area contributed by atoms with Gasteiger partial charge in [-0.2, -0.15) is 0 Å². The Morgan fingerprint density at radius 1 is 1.71 bits per heavy atom. The zero-order chi connectivity index (χ0) is 12.8. The second-order valence-corrected chi connectivity index (χ2v) is 4.12. The van der Waals surface area contributed by atoms with Crippen LogP contribution in [0.4, 0.5) is 5.82 Å². The highest BCUT2D eigenvalue weighted by Gasteiger charge is 2.16. The van der Waals surface area contributed by atoms with Crippen LogP contribution in [0.15, 0.2) is 31.0 Å². The van der Waals surface area contributed by atoms with Crippen molar-refractivity contribution in [2.75, 3.05) is 18.0 Å². The Kier molecular flexibility index (Phi) is 4.69. The summed E-state index contributed by atoms with van der Waals surface area (Å²) in [6.45, 7) is 8.38. The van der Waals surface area contributed by atoms with E-state index in [-0.39, 0.29) is 0 Å². The molecule has 1 N–H and O–H groups in total. The van der Waals surface area contributed by atoms with Crippen LogP contribution < -0.4 is 4.90 Å². The summed E-state index contributed by atoms with van der Waals surface area (Å²) in [5.74, 6) is -0.443. The lowest BCUT2D eigenvalue weighted by molar-refractivity contribution is -0.140. The number of hydrogen-bond donors (Lipinski definition) is 1. The fraction of sp³-hybridized carbons (Fsp3) is 0.385. The minimum Gasteiger partial charge on any atom is -0.481 e. The first-order valence-electron chi connectivity index (χ1n) is 5.56. The third-order valence-corrected chi connectivity index (χ3v) is 2.49. The normalized spacial score (nSPS) is 11.9. The Balaban J connectivity index is 2.85. The first-order chi connectivity index (χ1) is 8.04. The van der Waals surface area contributed by atoms with Crippen LogP contribution >= 0.6 is 0 Å². The van der Waals surface area contributed by atoms with Gasteiger partial charge in [0.2, 0.25) is 0 Å². The average molecular weight is 234 g/mol. The molecule has 17 heavy (non-hydrogen) atoms. The lowest BCUT2D eigenvalue weighted by Gasteiger charge is -2.24. The number of hydrogen-bond acceptors (Lipinski definition) is 3. The Morgan fingerprint density at radius 3 is 2.94 bits per heavy atom. The van der Waals surface area contributed by atoms with Crippen LogP contribution in [0.1, 0.15) is 12.5 Å². The molecule has 1 rings (SSSR count). The van der Waals surface area contributed by atoms with Gasteiger partial charge in [-0.15, -0.1) is 6.58 Å². The van der Waals surface area contributed by atoms with E-state index in [4.69, 9.17) is 5.11 Å². The van der Waals surface area contributed by atoms with Gasteiger partial charge in [0.15, 0.2) is 0 Å². The SMILES string of the molecule is C=CCN(CC(C)C(=O)O)c1cc(C)ccn1. The molecule has 0 saturated heterocycles. The molecule has 0 aromatic carbocycles. The maximum atomic E-state index is 10.9. The molecular formula is C13H18N2O2. The van der Waals surface area contributed by atoms with Crippen molar-refractivity contribution in [3.63, 3.8) is 0 Å². The minimum atomic E-state index is -0.799. The number of rotatable bonds is 6. The second-order valence-electron chi connectivity index (χ2n) is 4.12. The molecule has 1 aromatic rings. The van der Waals surface area contributed by atoms with Gasteiger partial charge in [-0.25, -0.2) is 4.98 Å². The average Bonchev–Trinajstić information content (AvgIpc) is 2.28. The van der Waals surface area contributed by atoms with Crippen LogP contribution in [0.5, 0.6) is 0 Å². The van der Waals surface area contributed by atoms with Gasteiger partial charge in [0.1, 0.15) is 5.82 Å². The van der Waals surface area contributed by atoms with Gasteiger partial charge in [-0.1, -0.05) is 13.0 Å². The monoisotopic (exact) mass is 234 g/mol. The number of carboxylic acids is 1. The topological polar surface area (TPSA) is 53.4 Å². The number of carbonyl (C=O) groups is 1. The largest absolute Gasteiger partial charge is 0.481 e. The molecule has 0 fully saturated rings. The van der Waals surface area contributed by atoms with E-state index >= 15 is 0 Å². The van der Waals surface area contributed by atoms with E-state index in [1.54, 1.807) is 19.2 Å². The Bertz CT molecular complexity index is 404. The zero-order valence-corrected chi connectivity index (χ0v) is 10.3. The number of carboxylic acid groups (broad SMARTS) is 1. The lowest BCUT2D eigenvalue weighted by Crippen LogP contribution is -2.32. The van der Waals surface area contributed by atoms with Gasteiger partial charge in [0.25, 0.3) is 0 Å². The number of nitrogens with zero attached hydrogens (tertiary/aromatic N) is 2. The number of pyridine rings is 1. The molecule has 1 atom stereocenters. The molecule has 4 nitrogen and oxygen atoms in total. The predicted molar refractivity (Wildman–Crippen MR) is 68.2 cm³/mol. The van der Waals surface area contributed by atoms with Crippen LogP contribution in [0.2, 0.25) is 0 Å². The van der Waals surface area contributed by atoms with Crippen LogP contribution in [0, 0.1) is 12.8 Å². The zero-order valence-electron chi connectivity index (χ0n) is 10.3. The van der Waals surface area contributed by atoms with E-state index in [0.717, 1.165) is 11.4 Å². The molecule has 0 saturated carbocycles. The van der Waals surface area contributed by atoms with Crippen molar-refractivity contribution in [1.29, 1.82) is 0 Å². The molecule has 0 aliphatic heterocycles. The fourth-order valence-electron chi connectivity index (χ4n) is 1.52. The second kappa shape index (κ2) is 6.03. The van der Waals surface area contributed by atoms with Crippen LogP contribution in [0.25, 0.3) is 0 Å².